The van der Waals surface area contributed by atoms with Crippen molar-refractivity contribution in [1.82, 2.24) is 19.9 Å². The standard InChI is InChI=1S/C27H24F2N4OS/c28-21-6-3-4-17(25(21)29)14-30-18-8-9-20-23(12-18)35-26-24(20)27(34)33(15-32-26)11-10-16-13-31-22-7-2-1-5-19(16)22/h1-7,13,15,18,30-31H,8-12,14H2/t18-/m0/s1. The third-order valence-electron chi connectivity index (χ3n) is 6.95. The first-order valence-electron chi connectivity index (χ1n) is 11.8. The van der Waals surface area contributed by atoms with Gasteiger partial charge in [-0.25, -0.2) is 13.8 Å². The molecule has 0 saturated carbocycles. The zero-order valence-electron chi connectivity index (χ0n) is 19.0. The van der Waals surface area contributed by atoms with Gasteiger partial charge in [-0.3, -0.25) is 9.36 Å². The van der Waals surface area contributed by atoms with E-state index in [1.807, 2.05) is 24.4 Å². The zero-order valence-corrected chi connectivity index (χ0v) is 19.8. The molecule has 1 aliphatic rings. The van der Waals surface area contributed by atoms with Crippen LogP contribution in [0.25, 0.3) is 21.1 Å². The number of aryl methyl sites for hydroxylation is 3. The van der Waals surface area contributed by atoms with Crippen LogP contribution in [0.4, 0.5) is 8.78 Å². The molecule has 0 saturated heterocycles. The van der Waals surface area contributed by atoms with Crippen molar-refractivity contribution in [1.29, 1.82) is 0 Å². The Hall–Kier alpha value is -3.36. The van der Waals surface area contributed by atoms with Gasteiger partial charge in [-0.15, -0.1) is 11.3 Å². The number of aromatic amines is 1. The molecule has 0 aliphatic heterocycles. The molecule has 1 aliphatic carbocycles. The number of aromatic nitrogens is 3. The Kier molecular flexibility index (Phi) is 5.70. The molecule has 6 rings (SSSR count). The first kappa shape index (κ1) is 22.1. The van der Waals surface area contributed by atoms with Crippen molar-refractivity contribution in [2.24, 2.45) is 0 Å². The van der Waals surface area contributed by atoms with Gasteiger partial charge in [0.15, 0.2) is 11.6 Å². The van der Waals surface area contributed by atoms with Crippen molar-refractivity contribution >= 4 is 32.5 Å². The van der Waals surface area contributed by atoms with E-state index in [1.165, 1.54) is 17.0 Å². The van der Waals surface area contributed by atoms with Gasteiger partial charge in [-0.2, -0.15) is 0 Å². The third kappa shape index (κ3) is 4.06. The second kappa shape index (κ2) is 9.02. The average molecular weight is 491 g/mol. The summed E-state index contributed by atoms with van der Waals surface area (Å²) in [6, 6.07) is 12.6. The minimum absolute atomic E-state index is 0.0144. The smallest absolute Gasteiger partial charge is 0.262 e. The highest BCUT2D eigenvalue weighted by molar-refractivity contribution is 7.18. The minimum Gasteiger partial charge on any atom is -0.361 e. The summed E-state index contributed by atoms with van der Waals surface area (Å²) in [5, 5.41) is 5.28. The zero-order chi connectivity index (χ0) is 23.9. The number of nitrogens with one attached hydrogen (secondary N) is 2. The lowest BCUT2D eigenvalue weighted by atomic mass is 9.93. The summed E-state index contributed by atoms with van der Waals surface area (Å²) < 4.78 is 29.2. The van der Waals surface area contributed by atoms with E-state index < -0.39 is 11.6 Å². The second-order valence-corrected chi connectivity index (χ2v) is 10.2. The molecule has 3 heterocycles. The van der Waals surface area contributed by atoms with E-state index in [0.29, 0.717) is 12.1 Å². The van der Waals surface area contributed by atoms with E-state index in [2.05, 4.69) is 21.4 Å². The quantitative estimate of drug-likeness (QED) is 0.348. The topological polar surface area (TPSA) is 62.7 Å². The van der Waals surface area contributed by atoms with E-state index in [4.69, 9.17) is 0 Å². The predicted molar refractivity (Wildman–Crippen MR) is 135 cm³/mol. The lowest BCUT2D eigenvalue weighted by molar-refractivity contribution is 0.445. The van der Waals surface area contributed by atoms with Gasteiger partial charge in [0.1, 0.15) is 4.83 Å². The highest BCUT2D eigenvalue weighted by atomic mass is 32.1. The van der Waals surface area contributed by atoms with Gasteiger partial charge in [0.05, 0.1) is 11.7 Å². The molecule has 5 nitrogen and oxygen atoms in total. The number of benzene rings is 2. The number of fused-ring (bicyclic) bond motifs is 4. The van der Waals surface area contributed by atoms with Crippen LogP contribution < -0.4 is 10.9 Å². The highest BCUT2D eigenvalue weighted by Gasteiger charge is 2.25. The number of halogens is 2. The summed E-state index contributed by atoms with van der Waals surface area (Å²) in [6.45, 7) is 0.838. The summed E-state index contributed by atoms with van der Waals surface area (Å²) in [7, 11) is 0. The molecule has 5 aromatic rings. The third-order valence-corrected chi connectivity index (χ3v) is 8.11. The van der Waals surface area contributed by atoms with Gasteiger partial charge in [-0.1, -0.05) is 30.3 Å². The SMILES string of the molecule is O=c1c2c3c(sc2ncn1CCc1c[nH]c2ccccc12)C[C@@H](NCc1cccc(F)c1F)CC3. The summed E-state index contributed by atoms with van der Waals surface area (Å²) >= 11 is 1.57. The van der Waals surface area contributed by atoms with Crippen LogP contribution in [0.15, 0.2) is 59.8 Å². The molecule has 0 spiro atoms. The van der Waals surface area contributed by atoms with E-state index in [9.17, 15) is 13.6 Å². The summed E-state index contributed by atoms with van der Waals surface area (Å²) in [5.74, 6) is -1.62. The van der Waals surface area contributed by atoms with E-state index in [0.717, 1.165) is 57.9 Å². The highest BCUT2D eigenvalue weighted by Crippen LogP contribution is 2.34. The van der Waals surface area contributed by atoms with Crippen LogP contribution in [0.2, 0.25) is 0 Å². The number of H-pyrrole nitrogens is 1. The Balaban J connectivity index is 1.20. The van der Waals surface area contributed by atoms with E-state index >= 15 is 0 Å². The Morgan fingerprint density at radius 3 is 2.94 bits per heavy atom. The fourth-order valence-electron chi connectivity index (χ4n) is 5.05. The largest absolute Gasteiger partial charge is 0.361 e. The predicted octanol–water partition coefficient (Wildman–Crippen LogP) is 5.11. The van der Waals surface area contributed by atoms with Gasteiger partial charge in [0.2, 0.25) is 0 Å². The molecular weight excluding hydrogens is 466 g/mol. The molecular formula is C27H24F2N4OS. The van der Waals surface area contributed by atoms with Crippen LogP contribution in [0.5, 0.6) is 0 Å². The molecule has 178 valence electrons. The molecule has 8 heteroatoms. The maximum atomic E-state index is 14.0. The number of hydrogen-bond acceptors (Lipinski definition) is 4. The summed E-state index contributed by atoms with van der Waals surface area (Å²) in [5.41, 5.74) is 3.72. The monoisotopic (exact) mass is 490 g/mol. The van der Waals surface area contributed by atoms with Crippen LogP contribution >= 0.6 is 11.3 Å². The number of hydrogen-bond donors (Lipinski definition) is 2. The maximum absolute atomic E-state index is 14.0. The lowest BCUT2D eigenvalue weighted by Gasteiger charge is -2.23. The van der Waals surface area contributed by atoms with Crippen LogP contribution in [0.1, 0.15) is 28.0 Å². The number of thiophene rings is 1. The fraction of sp³-hybridized carbons (Fsp3) is 0.259. The molecule has 3 aromatic heterocycles. The van der Waals surface area contributed by atoms with E-state index in [1.54, 1.807) is 28.3 Å². The summed E-state index contributed by atoms with van der Waals surface area (Å²) in [4.78, 5) is 23.2. The van der Waals surface area contributed by atoms with Crippen molar-refractivity contribution in [3.8, 4) is 0 Å². The Bertz CT molecular complexity index is 1600. The molecule has 2 aromatic carbocycles. The first-order valence-corrected chi connectivity index (χ1v) is 12.6. The van der Waals surface area contributed by atoms with Gasteiger partial charge >= 0.3 is 0 Å². The molecule has 0 bridgehead atoms. The van der Waals surface area contributed by atoms with Gasteiger partial charge < -0.3 is 10.3 Å². The molecule has 2 N–H and O–H groups in total. The van der Waals surface area contributed by atoms with Crippen LogP contribution in [-0.4, -0.2) is 20.6 Å². The minimum atomic E-state index is -0.827. The molecule has 0 unspecified atom stereocenters. The van der Waals surface area contributed by atoms with Gasteiger partial charge in [-0.05, 0) is 48.9 Å². The Morgan fingerprint density at radius 1 is 1.14 bits per heavy atom. The summed E-state index contributed by atoms with van der Waals surface area (Å²) in [6.07, 6.45) is 6.76. The van der Waals surface area contributed by atoms with Crippen molar-refractivity contribution in [2.75, 3.05) is 0 Å². The molecule has 0 radical (unpaired) electrons. The van der Waals surface area contributed by atoms with Gasteiger partial charge in [0.25, 0.3) is 5.56 Å². The molecule has 0 fully saturated rings. The van der Waals surface area contributed by atoms with Crippen LogP contribution in [0, 0.1) is 11.6 Å². The first-order chi connectivity index (χ1) is 17.1. The molecule has 1 atom stereocenters. The average Bonchev–Trinajstić information content (AvgIpc) is 3.46. The Morgan fingerprint density at radius 2 is 2.03 bits per heavy atom. The van der Waals surface area contributed by atoms with Crippen molar-refractivity contribution in [3.63, 3.8) is 0 Å². The molecule has 0 amide bonds. The Labute approximate surface area is 204 Å². The van der Waals surface area contributed by atoms with E-state index in [-0.39, 0.29) is 18.1 Å². The fourth-order valence-corrected chi connectivity index (χ4v) is 6.31. The number of rotatable bonds is 6. The molecule has 35 heavy (non-hydrogen) atoms. The van der Waals surface area contributed by atoms with Crippen LogP contribution in [-0.2, 0) is 32.4 Å². The maximum Gasteiger partial charge on any atom is 0.262 e. The normalized spacial score (nSPS) is 15.7. The number of para-hydroxylation sites is 1. The number of nitrogens with zero attached hydrogens (tertiary/aromatic N) is 2. The van der Waals surface area contributed by atoms with Crippen molar-refractivity contribution in [3.05, 3.63) is 98.5 Å². The van der Waals surface area contributed by atoms with Gasteiger partial charge in [0, 0.05) is 46.7 Å². The van der Waals surface area contributed by atoms with Crippen molar-refractivity contribution in [2.45, 2.75) is 44.8 Å². The van der Waals surface area contributed by atoms with Crippen LogP contribution in [0.3, 0.4) is 0 Å². The van der Waals surface area contributed by atoms with Crippen molar-refractivity contribution < 1.29 is 8.78 Å². The second-order valence-electron chi connectivity index (χ2n) is 9.07. The lowest BCUT2D eigenvalue weighted by Crippen LogP contribution is -2.34.